The molecule has 0 aliphatic carbocycles. The third kappa shape index (κ3) is 5.30. The average molecular weight is 501 g/mol. The van der Waals surface area contributed by atoms with Crippen LogP contribution in [-0.2, 0) is 19.5 Å². The van der Waals surface area contributed by atoms with E-state index in [9.17, 15) is 9.59 Å². The third-order valence-corrected chi connectivity index (χ3v) is 6.54. The topological polar surface area (TPSA) is 92.2 Å². The second-order valence-electron chi connectivity index (χ2n) is 8.84. The Labute approximate surface area is 213 Å². The second-order valence-corrected chi connectivity index (χ2v) is 9.25. The molecule has 0 unspecified atom stereocenters. The smallest absolute Gasteiger partial charge is 0.255 e. The highest BCUT2D eigenvalue weighted by molar-refractivity contribution is 6.34. The molecular weight excluding hydrogens is 476 g/mol. The number of benzene rings is 3. The van der Waals surface area contributed by atoms with Gasteiger partial charge >= 0.3 is 0 Å². The maximum absolute atomic E-state index is 12.9. The lowest BCUT2D eigenvalue weighted by atomic mass is 9.99. The number of nitrogens with zero attached hydrogens (tertiary/aromatic N) is 4. The zero-order valence-corrected chi connectivity index (χ0v) is 20.5. The fraction of sp³-hybridized carbons (Fsp3) is 0.185. The van der Waals surface area contributed by atoms with Crippen molar-refractivity contribution in [3.8, 4) is 5.69 Å². The van der Waals surface area contributed by atoms with Crippen LogP contribution in [0.25, 0.3) is 5.69 Å². The van der Waals surface area contributed by atoms with Gasteiger partial charge in [-0.05, 0) is 72.6 Å². The van der Waals surface area contributed by atoms with Crippen molar-refractivity contribution in [2.24, 2.45) is 0 Å². The Morgan fingerprint density at radius 2 is 1.81 bits per heavy atom. The molecule has 0 spiro atoms. The predicted molar refractivity (Wildman–Crippen MR) is 138 cm³/mol. The fourth-order valence-corrected chi connectivity index (χ4v) is 4.52. The van der Waals surface area contributed by atoms with Crippen molar-refractivity contribution in [2.75, 3.05) is 18.9 Å². The Morgan fingerprint density at radius 1 is 0.972 bits per heavy atom. The van der Waals surface area contributed by atoms with Crippen LogP contribution in [0.4, 0.5) is 5.69 Å². The molecule has 5 rings (SSSR count). The molecule has 9 heteroatoms. The number of likely N-dealkylation sites (N-methyl/N-ethyl adjacent to an activating group) is 1. The molecular formula is C27H25ClN6O2. The maximum atomic E-state index is 12.9. The van der Waals surface area contributed by atoms with E-state index in [1.54, 1.807) is 53.6 Å². The number of halogens is 1. The van der Waals surface area contributed by atoms with E-state index in [0.29, 0.717) is 16.1 Å². The van der Waals surface area contributed by atoms with Crippen molar-refractivity contribution in [2.45, 2.75) is 19.5 Å². The van der Waals surface area contributed by atoms with E-state index in [1.165, 1.54) is 11.1 Å². The van der Waals surface area contributed by atoms with Gasteiger partial charge in [-0.2, -0.15) is 0 Å². The summed E-state index contributed by atoms with van der Waals surface area (Å²) in [5.74, 6) is -0.496. The van der Waals surface area contributed by atoms with Crippen molar-refractivity contribution in [3.05, 3.63) is 106 Å². The van der Waals surface area contributed by atoms with E-state index < -0.39 is 0 Å². The summed E-state index contributed by atoms with van der Waals surface area (Å²) in [6.07, 6.45) is 4.13. The molecule has 2 heterocycles. The highest BCUT2D eigenvalue weighted by Gasteiger charge is 2.15. The van der Waals surface area contributed by atoms with Crippen LogP contribution in [0.3, 0.4) is 0 Å². The minimum Gasteiger partial charge on any atom is -0.348 e. The Hall–Kier alpha value is -4.01. The van der Waals surface area contributed by atoms with Crippen molar-refractivity contribution < 1.29 is 9.59 Å². The molecule has 0 atom stereocenters. The number of anilines is 1. The third-order valence-electron chi connectivity index (χ3n) is 6.22. The lowest BCUT2D eigenvalue weighted by Crippen LogP contribution is -2.26. The summed E-state index contributed by atoms with van der Waals surface area (Å²) in [6.45, 7) is 2.18. The van der Waals surface area contributed by atoms with Gasteiger partial charge in [-0.1, -0.05) is 29.8 Å². The van der Waals surface area contributed by atoms with Crippen LogP contribution in [0.2, 0.25) is 5.02 Å². The first-order chi connectivity index (χ1) is 17.5. The molecule has 0 radical (unpaired) electrons. The summed E-state index contributed by atoms with van der Waals surface area (Å²) >= 11 is 6.35. The number of nitrogens with one attached hydrogen (secondary N) is 2. The van der Waals surface area contributed by atoms with E-state index in [-0.39, 0.29) is 18.4 Å². The number of aromatic nitrogens is 3. The molecule has 0 saturated carbocycles. The first kappa shape index (κ1) is 23.7. The molecule has 182 valence electrons. The van der Waals surface area contributed by atoms with E-state index >= 15 is 0 Å². The molecule has 0 saturated heterocycles. The highest BCUT2D eigenvalue weighted by Crippen LogP contribution is 2.23. The Morgan fingerprint density at radius 3 is 2.61 bits per heavy atom. The fourth-order valence-electron chi connectivity index (χ4n) is 4.26. The van der Waals surface area contributed by atoms with Gasteiger partial charge in [0.25, 0.3) is 11.8 Å². The predicted octanol–water partition coefficient (Wildman–Crippen LogP) is 4.09. The van der Waals surface area contributed by atoms with E-state index in [1.807, 2.05) is 18.2 Å². The van der Waals surface area contributed by atoms with Gasteiger partial charge in [-0.25, -0.2) is 0 Å². The molecule has 1 aliphatic rings. The monoisotopic (exact) mass is 500 g/mol. The van der Waals surface area contributed by atoms with Crippen molar-refractivity contribution >= 4 is 29.1 Å². The van der Waals surface area contributed by atoms with Gasteiger partial charge < -0.3 is 15.5 Å². The van der Waals surface area contributed by atoms with Crippen molar-refractivity contribution in [1.29, 1.82) is 0 Å². The van der Waals surface area contributed by atoms with Gasteiger partial charge in [-0.15, -0.1) is 10.2 Å². The number of amides is 2. The van der Waals surface area contributed by atoms with E-state index in [4.69, 9.17) is 11.6 Å². The van der Waals surface area contributed by atoms with Gasteiger partial charge in [0, 0.05) is 36.6 Å². The molecule has 1 aromatic heterocycles. The molecule has 4 aromatic rings. The summed E-state index contributed by atoms with van der Waals surface area (Å²) in [7, 11) is 2.10. The van der Waals surface area contributed by atoms with Crippen molar-refractivity contribution in [3.63, 3.8) is 0 Å². The standard InChI is InChI=1S/C27H25ClN6O2/c1-33-10-9-19-5-6-22(12-21(19)15-33)32-26(35)20-4-2-3-18(11-20)14-29-27(36)24-8-7-23(13-25(24)28)34-16-30-31-17-34/h2-8,11-13,16-17H,9-10,14-15H2,1H3,(H,29,36)(H,32,35). The number of fused-ring (bicyclic) bond motifs is 1. The molecule has 0 fully saturated rings. The van der Waals surface area contributed by atoms with Crippen LogP contribution < -0.4 is 10.6 Å². The van der Waals surface area contributed by atoms with Gasteiger partial charge in [0.05, 0.1) is 10.6 Å². The van der Waals surface area contributed by atoms with Crippen LogP contribution in [0.15, 0.2) is 73.3 Å². The molecule has 1 aliphatic heterocycles. The number of carbonyl (C=O) groups excluding carboxylic acids is 2. The maximum Gasteiger partial charge on any atom is 0.255 e. The summed E-state index contributed by atoms with van der Waals surface area (Å²) in [5, 5.41) is 13.7. The van der Waals surface area contributed by atoms with E-state index in [2.05, 4.69) is 38.8 Å². The molecule has 36 heavy (non-hydrogen) atoms. The van der Waals surface area contributed by atoms with Crippen LogP contribution in [0.5, 0.6) is 0 Å². The zero-order valence-electron chi connectivity index (χ0n) is 19.7. The largest absolute Gasteiger partial charge is 0.348 e. The molecule has 3 aromatic carbocycles. The summed E-state index contributed by atoms with van der Waals surface area (Å²) in [4.78, 5) is 27.9. The Balaban J connectivity index is 1.22. The van der Waals surface area contributed by atoms with Gasteiger partial charge in [0.15, 0.2) is 0 Å². The first-order valence-corrected chi connectivity index (χ1v) is 12.0. The number of carbonyl (C=O) groups is 2. The number of hydrogen-bond donors (Lipinski definition) is 2. The lowest BCUT2D eigenvalue weighted by molar-refractivity contribution is 0.0950. The lowest BCUT2D eigenvalue weighted by Gasteiger charge is -2.25. The zero-order chi connectivity index (χ0) is 25.1. The first-order valence-electron chi connectivity index (χ1n) is 11.6. The van der Waals surface area contributed by atoms with Crippen LogP contribution in [0, 0.1) is 0 Å². The molecule has 2 amide bonds. The van der Waals surface area contributed by atoms with Gasteiger partial charge in [0.1, 0.15) is 12.7 Å². The highest BCUT2D eigenvalue weighted by atomic mass is 35.5. The average Bonchev–Trinajstić information content (AvgIpc) is 3.42. The van der Waals surface area contributed by atoms with Gasteiger partial charge in [0.2, 0.25) is 0 Å². The van der Waals surface area contributed by atoms with E-state index in [0.717, 1.165) is 36.4 Å². The normalized spacial score (nSPS) is 13.2. The number of hydrogen-bond acceptors (Lipinski definition) is 5. The molecule has 0 bridgehead atoms. The van der Waals surface area contributed by atoms with Gasteiger partial charge in [-0.3, -0.25) is 14.2 Å². The Bertz CT molecular complexity index is 1420. The van der Waals surface area contributed by atoms with Crippen LogP contribution in [-0.4, -0.2) is 45.1 Å². The van der Waals surface area contributed by atoms with Crippen LogP contribution in [0.1, 0.15) is 37.4 Å². The number of rotatable bonds is 6. The second kappa shape index (κ2) is 10.3. The summed E-state index contributed by atoms with van der Waals surface area (Å²) < 4.78 is 1.70. The summed E-state index contributed by atoms with van der Waals surface area (Å²) in [6, 6.07) is 18.4. The minimum atomic E-state index is -0.302. The quantitative estimate of drug-likeness (QED) is 0.416. The SMILES string of the molecule is CN1CCc2ccc(NC(=O)c3cccc(CNC(=O)c4ccc(-n5cnnc5)cc4Cl)c3)cc2C1. The molecule has 2 N–H and O–H groups in total. The minimum absolute atomic E-state index is 0.195. The molecule has 8 nitrogen and oxygen atoms in total. The summed E-state index contributed by atoms with van der Waals surface area (Å²) in [5.41, 5.74) is 5.79. The van der Waals surface area contributed by atoms with Crippen LogP contribution >= 0.6 is 11.6 Å². The van der Waals surface area contributed by atoms with Crippen molar-refractivity contribution in [1.82, 2.24) is 25.0 Å². The Kier molecular flexibility index (Phi) is 6.79.